The molecule has 0 aliphatic rings. The van der Waals surface area contributed by atoms with Gasteiger partial charge in [-0.15, -0.1) is 0 Å². The summed E-state index contributed by atoms with van der Waals surface area (Å²) >= 11 is 5.05. The molecule has 0 saturated heterocycles. The van der Waals surface area contributed by atoms with E-state index < -0.39 is 0 Å². The zero-order valence-electron chi connectivity index (χ0n) is 10.2. The van der Waals surface area contributed by atoms with Crippen molar-refractivity contribution < 1.29 is 0 Å². The fraction of sp³-hybridized carbons (Fsp3) is 0.176. The van der Waals surface area contributed by atoms with Crippen molar-refractivity contribution in [2.24, 2.45) is 0 Å². The molecule has 3 aromatic rings. The van der Waals surface area contributed by atoms with E-state index in [1.54, 1.807) is 0 Å². The molecule has 89 valence electrons. The van der Waals surface area contributed by atoms with Crippen LogP contribution in [0, 0.1) is 0 Å². The van der Waals surface area contributed by atoms with Gasteiger partial charge in [-0.3, -0.25) is 0 Å². The van der Waals surface area contributed by atoms with E-state index in [0.717, 1.165) is 18.6 Å². The minimum absolute atomic E-state index is 0.837. The van der Waals surface area contributed by atoms with Crippen LogP contribution < -0.4 is 0 Å². The third-order valence-electron chi connectivity index (χ3n) is 3.43. The zero-order valence-corrected chi connectivity index (χ0v) is 11.0. The minimum Gasteiger partial charge on any atom is -0.0941 e. The lowest BCUT2D eigenvalue weighted by Crippen LogP contribution is -1.88. The maximum absolute atomic E-state index is 5.05. The van der Waals surface area contributed by atoms with Gasteiger partial charge >= 0.3 is 0 Å². The maximum Gasteiger partial charge on any atom is 0.00401 e. The third kappa shape index (κ3) is 2.11. The number of benzene rings is 3. The van der Waals surface area contributed by atoms with E-state index >= 15 is 0 Å². The standard InChI is InChI=1S/C17H15S/c18-10-4-9-13-7-3-8-16-11-14-5-1-2-6-15(14)12-17(13)16/h1-3,5-8,11-12H,4,9-10H2. The summed E-state index contributed by atoms with van der Waals surface area (Å²) in [5.41, 5.74) is 1.42. The van der Waals surface area contributed by atoms with Gasteiger partial charge in [0.1, 0.15) is 0 Å². The van der Waals surface area contributed by atoms with E-state index in [9.17, 15) is 0 Å². The van der Waals surface area contributed by atoms with Gasteiger partial charge in [0.2, 0.25) is 0 Å². The lowest BCUT2D eigenvalue weighted by Gasteiger charge is -2.07. The second-order valence-corrected chi connectivity index (χ2v) is 5.05. The highest BCUT2D eigenvalue weighted by atomic mass is 32.1. The normalized spacial score (nSPS) is 11.2. The molecule has 0 atom stereocenters. The van der Waals surface area contributed by atoms with Crippen molar-refractivity contribution in [2.75, 3.05) is 5.75 Å². The summed E-state index contributed by atoms with van der Waals surface area (Å²) in [5, 5.41) is 5.33. The summed E-state index contributed by atoms with van der Waals surface area (Å²) in [4.78, 5) is 0. The Bertz CT molecular complexity index is 685. The third-order valence-corrected chi connectivity index (χ3v) is 3.72. The first kappa shape index (κ1) is 11.6. The van der Waals surface area contributed by atoms with E-state index in [4.69, 9.17) is 12.6 Å². The fourth-order valence-electron chi connectivity index (χ4n) is 2.51. The van der Waals surface area contributed by atoms with Crippen LogP contribution in [0.15, 0.2) is 54.6 Å². The van der Waals surface area contributed by atoms with Crippen LogP contribution in [0.4, 0.5) is 0 Å². The Balaban J connectivity index is 2.22. The molecular weight excluding hydrogens is 236 g/mol. The molecular formula is C17H15S. The SMILES string of the molecule is [S]CCCc1cccc2cc3ccccc3cc12. The van der Waals surface area contributed by atoms with Crippen LogP contribution >= 0.6 is 12.6 Å². The van der Waals surface area contributed by atoms with Gasteiger partial charge in [0.05, 0.1) is 0 Å². The molecule has 0 nitrogen and oxygen atoms in total. The molecule has 18 heavy (non-hydrogen) atoms. The first-order valence-corrected chi connectivity index (χ1v) is 6.95. The van der Waals surface area contributed by atoms with E-state index in [-0.39, 0.29) is 0 Å². The van der Waals surface area contributed by atoms with Crippen molar-refractivity contribution in [3.63, 3.8) is 0 Å². The average molecular weight is 251 g/mol. The molecule has 1 heteroatoms. The van der Waals surface area contributed by atoms with E-state index in [0.29, 0.717) is 0 Å². The summed E-state index contributed by atoms with van der Waals surface area (Å²) in [6, 6.07) is 19.7. The second-order valence-electron chi connectivity index (χ2n) is 4.65. The Labute approximate surface area is 113 Å². The van der Waals surface area contributed by atoms with Gasteiger partial charge in [0.25, 0.3) is 0 Å². The van der Waals surface area contributed by atoms with Crippen LogP contribution in [0.25, 0.3) is 21.5 Å². The number of hydrogen-bond acceptors (Lipinski definition) is 0. The largest absolute Gasteiger partial charge is 0.0941 e. The van der Waals surface area contributed by atoms with E-state index in [2.05, 4.69) is 54.6 Å². The van der Waals surface area contributed by atoms with Crippen molar-refractivity contribution >= 4 is 34.2 Å². The van der Waals surface area contributed by atoms with Gasteiger partial charge in [-0.2, -0.15) is 0 Å². The average Bonchev–Trinajstić information content (AvgIpc) is 2.43. The first-order chi connectivity index (χ1) is 8.88. The van der Waals surface area contributed by atoms with Crippen LogP contribution in [-0.4, -0.2) is 5.75 Å². The molecule has 0 aromatic heterocycles. The number of aryl methyl sites for hydroxylation is 1. The van der Waals surface area contributed by atoms with Crippen LogP contribution in [0.5, 0.6) is 0 Å². The van der Waals surface area contributed by atoms with Gasteiger partial charge < -0.3 is 0 Å². The van der Waals surface area contributed by atoms with Crippen molar-refractivity contribution in [1.82, 2.24) is 0 Å². The molecule has 1 radical (unpaired) electrons. The fourth-order valence-corrected chi connectivity index (χ4v) is 2.66. The predicted molar refractivity (Wildman–Crippen MR) is 82.2 cm³/mol. The Hall–Kier alpha value is -1.47. The van der Waals surface area contributed by atoms with Gasteiger partial charge in [-0.1, -0.05) is 55.1 Å². The summed E-state index contributed by atoms with van der Waals surface area (Å²) in [6.07, 6.45) is 2.17. The Kier molecular flexibility index (Phi) is 3.24. The molecule has 0 amide bonds. The zero-order chi connectivity index (χ0) is 12.4. The van der Waals surface area contributed by atoms with Crippen molar-refractivity contribution in [2.45, 2.75) is 12.8 Å². The summed E-state index contributed by atoms with van der Waals surface area (Å²) < 4.78 is 0. The van der Waals surface area contributed by atoms with Gasteiger partial charge in [-0.05, 0) is 52.1 Å². The van der Waals surface area contributed by atoms with Gasteiger partial charge in [0, 0.05) is 5.75 Å². The highest BCUT2D eigenvalue weighted by molar-refractivity contribution is 7.80. The van der Waals surface area contributed by atoms with Crippen LogP contribution in [0.1, 0.15) is 12.0 Å². The van der Waals surface area contributed by atoms with Crippen molar-refractivity contribution in [1.29, 1.82) is 0 Å². The highest BCUT2D eigenvalue weighted by Gasteiger charge is 2.02. The number of fused-ring (bicyclic) bond motifs is 2. The Morgan fingerprint density at radius 3 is 2.28 bits per heavy atom. The molecule has 0 saturated carbocycles. The number of rotatable bonds is 3. The molecule has 0 heterocycles. The summed E-state index contributed by atoms with van der Waals surface area (Å²) in [6.45, 7) is 0. The minimum atomic E-state index is 0.837. The van der Waals surface area contributed by atoms with Gasteiger partial charge in [0.15, 0.2) is 0 Å². The Morgan fingerprint density at radius 1 is 0.778 bits per heavy atom. The molecule has 0 unspecified atom stereocenters. The highest BCUT2D eigenvalue weighted by Crippen LogP contribution is 2.26. The smallest absolute Gasteiger partial charge is 0.00401 e. The molecule has 0 fully saturated rings. The van der Waals surface area contributed by atoms with Gasteiger partial charge in [-0.25, -0.2) is 0 Å². The van der Waals surface area contributed by atoms with Crippen LogP contribution in [0.3, 0.4) is 0 Å². The summed E-state index contributed by atoms with van der Waals surface area (Å²) in [5.74, 6) is 0.837. The maximum atomic E-state index is 5.05. The monoisotopic (exact) mass is 251 g/mol. The first-order valence-electron chi connectivity index (χ1n) is 6.37. The van der Waals surface area contributed by atoms with Crippen molar-refractivity contribution in [3.05, 3.63) is 60.2 Å². The molecule has 3 rings (SSSR count). The van der Waals surface area contributed by atoms with E-state index in [1.165, 1.54) is 27.1 Å². The van der Waals surface area contributed by atoms with Crippen molar-refractivity contribution in [3.8, 4) is 0 Å². The second kappa shape index (κ2) is 5.03. The van der Waals surface area contributed by atoms with Crippen LogP contribution in [0.2, 0.25) is 0 Å². The lowest BCUT2D eigenvalue weighted by atomic mass is 9.98. The molecule has 0 N–H and O–H groups in total. The molecule has 0 spiro atoms. The predicted octanol–water partition coefficient (Wildman–Crippen LogP) is 5.12. The molecule has 0 aliphatic heterocycles. The quantitative estimate of drug-likeness (QED) is 0.566. The lowest BCUT2D eigenvalue weighted by molar-refractivity contribution is 0.944. The summed E-state index contributed by atoms with van der Waals surface area (Å²) in [7, 11) is 0. The Morgan fingerprint density at radius 2 is 1.50 bits per heavy atom. The van der Waals surface area contributed by atoms with E-state index in [1.807, 2.05) is 0 Å². The molecule has 0 bridgehead atoms. The molecule has 3 aromatic carbocycles. The molecule has 0 aliphatic carbocycles. The topological polar surface area (TPSA) is 0 Å². The van der Waals surface area contributed by atoms with Crippen LogP contribution in [-0.2, 0) is 6.42 Å². The number of hydrogen-bond donors (Lipinski definition) is 0.